The molecule has 2 fully saturated rings. The molecule has 0 radical (unpaired) electrons. The summed E-state index contributed by atoms with van der Waals surface area (Å²) in [4.78, 5) is 38.0. The second kappa shape index (κ2) is 8.44. The molecule has 3 aromatic rings. The van der Waals surface area contributed by atoms with Crippen molar-refractivity contribution in [2.24, 2.45) is 5.92 Å². The summed E-state index contributed by atoms with van der Waals surface area (Å²) in [6.45, 7) is 7.51. The van der Waals surface area contributed by atoms with E-state index in [2.05, 4.69) is 37.1 Å². The van der Waals surface area contributed by atoms with Gasteiger partial charge in [0.25, 0.3) is 0 Å². The van der Waals surface area contributed by atoms with Gasteiger partial charge in [0, 0.05) is 31.5 Å². The number of carbonyl (C=O) groups excluding carboxylic acids is 1. The van der Waals surface area contributed by atoms with Gasteiger partial charge in [-0.3, -0.25) is 4.79 Å². The number of carbonyl (C=O) groups is 1. The fraction of sp³-hybridized carbons (Fsp3) is 0.565. The zero-order valence-corrected chi connectivity index (χ0v) is 19.0. The molecule has 168 valence electrons. The summed E-state index contributed by atoms with van der Waals surface area (Å²) < 4.78 is 2.03. The number of imidazole rings is 1. The van der Waals surface area contributed by atoms with Crippen molar-refractivity contribution in [1.82, 2.24) is 34.4 Å². The van der Waals surface area contributed by atoms with Crippen LogP contribution >= 0.6 is 0 Å². The van der Waals surface area contributed by atoms with Crippen LogP contribution in [0.5, 0.6) is 0 Å². The maximum Gasteiger partial charge on any atom is 0.245 e. The average molecular weight is 435 g/mol. The Bertz CT molecular complexity index is 1120. The normalized spacial score (nSPS) is 19.5. The zero-order valence-electron chi connectivity index (χ0n) is 19.0. The predicted molar refractivity (Wildman–Crippen MR) is 122 cm³/mol. The fourth-order valence-corrected chi connectivity index (χ4v) is 4.81. The lowest BCUT2D eigenvalue weighted by atomic mass is 10.1. The van der Waals surface area contributed by atoms with Crippen LogP contribution in [0.3, 0.4) is 0 Å². The van der Waals surface area contributed by atoms with Crippen molar-refractivity contribution in [3.05, 3.63) is 24.5 Å². The third kappa shape index (κ3) is 3.69. The first-order valence-corrected chi connectivity index (χ1v) is 11.7. The van der Waals surface area contributed by atoms with E-state index in [-0.39, 0.29) is 11.9 Å². The van der Waals surface area contributed by atoms with E-state index in [0.29, 0.717) is 42.1 Å². The maximum absolute atomic E-state index is 13.4. The molecule has 9 nitrogen and oxygen atoms in total. The highest BCUT2D eigenvalue weighted by molar-refractivity contribution is 5.90. The molecule has 2 atom stereocenters. The maximum atomic E-state index is 13.4. The van der Waals surface area contributed by atoms with Crippen LogP contribution in [0, 0.1) is 12.8 Å². The van der Waals surface area contributed by atoms with Crippen LogP contribution in [-0.2, 0) is 11.3 Å². The Labute approximate surface area is 187 Å². The molecular weight excluding hydrogens is 404 g/mol. The summed E-state index contributed by atoms with van der Waals surface area (Å²) >= 11 is 0. The second-order valence-corrected chi connectivity index (χ2v) is 8.78. The van der Waals surface area contributed by atoms with Gasteiger partial charge in [0.05, 0.1) is 5.56 Å². The lowest BCUT2D eigenvalue weighted by molar-refractivity contribution is -0.133. The largest absolute Gasteiger partial charge is 0.356 e. The number of likely N-dealkylation sites (tertiary alicyclic amines) is 1. The molecule has 1 amide bonds. The highest BCUT2D eigenvalue weighted by Crippen LogP contribution is 2.40. The van der Waals surface area contributed by atoms with Gasteiger partial charge >= 0.3 is 0 Å². The van der Waals surface area contributed by atoms with E-state index in [0.717, 1.165) is 36.4 Å². The van der Waals surface area contributed by atoms with Gasteiger partial charge < -0.3 is 14.8 Å². The van der Waals surface area contributed by atoms with Crippen molar-refractivity contribution in [3.63, 3.8) is 0 Å². The molecule has 5 rings (SSSR count). The monoisotopic (exact) mass is 434 g/mol. The Morgan fingerprint density at radius 1 is 1.16 bits per heavy atom. The Kier molecular flexibility index (Phi) is 5.48. The van der Waals surface area contributed by atoms with Gasteiger partial charge in [0.1, 0.15) is 24.0 Å². The topological polar surface area (TPSA) is 102 Å². The lowest BCUT2D eigenvalue weighted by Gasteiger charge is -2.29. The molecule has 0 bridgehead atoms. The van der Waals surface area contributed by atoms with E-state index in [4.69, 9.17) is 4.98 Å². The summed E-state index contributed by atoms with van der Waals surface area (Å²) in [7, 11) is 0. The molecule has 0 aromatic carbocycles. The number of hydrogen-bond donors (Lipinski definition) is 1. The smallest absolute Gasteiger partial charge is 0.245 e. The summed E-state index contributed by atoms with van der Waals surface area (Å²) in [6, 6.07) is 0.0848. The minimum Gasteiger partial charge on any atom is -0.356 e. The summed E-state index contributed by atoms with van der Waals surface area (Å²) in [5.74, 6) is 2.93. The van der Waals surface area contributed by atoms with Crippen molar-refractivity contribution in [2.75, 3.05) is 11.9 Å². The standard InChI is InChI=1S/C23H30N8O/c1-4-17(23(32)31-10-6-7-18(31)15-8-9-15)28-20-19-22(27-13-26-20)30(5-2)21(29-19)16-11-24-14(3)25-12-16/h11-13,15,17-18H,4-10H2,1-3H3,(H,26,27,28). The Hall–Kier alpha value is -3.10. The van der Waals surface area contributed by atoms with E-state index in [1.54, 1.807) is 12.4 Å². The van der Waals surface area contributed by atoms with Crippen molar-refractivity contribution < 1.29 is 4.79 Å². The van der Waals surface area contributed by atoms with Gasteiger partial charge in [0.15, 0.2) is 17.0 Å². The van der Waals surface area contributed by atoms with E-state index in [1.165, 1.54) is 19.2 Å². The molecule has 4 heterocycles. The third-order valence-corrected chi connectivity index (χ3v) is 6.65. The minimum atomic E-state index is -0.328. The highest BCUT2D eigenvalue weighted by Gasteiger charge is 2.41. The van der Waals surface area contributed by atoms with E-state index < -0.39 is 0 Å². The molecule has 1 saturated carbocycles. The van der Waals surface area contributed by atoms with Gasteiger partial charge in [-0.25, -0.2) is 24.9 Å². The molecule has 1 aliphatic heterocycles. The quantitative estimate of drug-likeness (QED) is 0.609. The van der Waals surface area contributed by atoms with Crippen LogP contribution in [-0.4, -0.2) is 58.9 Å². The Balaban J connectivity index is 1.47. The molecule has 2 aliphatic rings. The van der Waals surface area contributed by atoms with Crippen LogP contribution in [0.4, 0.5) is 5.82 Å². The SMILES string of the molecule is CCC(Nc1ncnc2c1nc(-c1cnc(C)nc1)n2CC)C(=O)N1CCCC1C1CC1. The third-order valence-electron chi connectivity index (χ3n) is 6.65. The first kappa shape index (κ1) is 20.8. The van der Waals surface area contributed by atoms with Crippen LogP contribution in [0.25, 0.3) is 22.6 Å². The Morgan fingerprint density at radius 2 is 1.94 bits per heavy atom. The first-order chi connectivity index (χ1) is 15.6. The number of amides is 1. The number of hydrogen-bond acceptors (Lipinski definition) is 7. The van der Waals surface area contributed by atoms with E-state index in [9.17, 15) is 4.79 Å². The van der Waals surface area contributed by atoms with E-state index in [1.807, 2.05) is 18.4 Å². The zero-order chi connectivity index (χ0) is 22.2. The fourth-order valence-electron chi connectivity index (χ4n) is 4.81. The molecular formula is C23H30N8O. The van der Waals surface area contributed by atoms with Crippen molar-refractivity contribution in [1.29, 1.82) is 0 Å². The Morgan fingerprint density at radius 3 is 2.62 bits per heavy atom. The van der Waals surface area contributed by atoms with E-state index >= 15 is 0 Å². The number of fused-ring (bicyclic) bond motifs is 1. The molecule has 9 heteroatoms. The molecule has 1 N–H and O–H groups in total. The summed E-state index contributed by atoms with van der Waals surface area (Å²) in [5, 5.41) is 3.40. The number of rotatable bonds is 7. The predicted octanol–water partition coefficient (Wildman–Crippen LogP) is 3.20. The lowest BCUT2D eigenvalue weighted by Crippen LogP contribution is -2.45. The van der Waals surface area contributed by atoms with Crippen LogP contribution in [0.1, 0.15) is 51.8 Å². The summed E-state index contributed by atoms with van der Waals surface area (Å²) in [6.07, 6.45) is 10.5. The molecule has 1 aliphatic carbocycles. The molecule has 32 heavy (non-hydrogen) atoms. The number of anilines is 1. The number of aryl methyl sites for hydroxylation is 2. The van der Waals surface area contributed by atoms with Gasteiger partial charge in [0.2, 0.25) is 5.91 Å². The number of nitrogens with zero attached hydrogens (tertiary/aromatic N) is 7. The minimum absolute atomic E-state index is 0.177. The van der Waals surface area contributed by atoms with Crippen LogP contribution in [0.15, 0.2) is 18.7 Å². The highest BCUT2D eigenvalue weighted by atomic mass is 16.2. The van der Waals surface area contributed by atoms with Crippen LogP contribution in [0.2, 0.25) is 0 Å². The van der Waals surface area contributed by atoms with Gasteiger partial charge in [-0.1, -0.05) is 6.92 Å². The molecule has 2 unspecified atom stereocenters. The molecule has 1 saturated heterocycles. The van der Waals surface area contributed by atoms with Gasteiger partial charge in [-0.05, 0) is 51.9 Å². The van der Waals surface area contributed by atoms with Crippen LogP contribution < -0.4 is 5.32 Å². The van der Waals surface area contributed by atoms with Crippen molar-refractivity contribution in [2.45, 2.75) is 71.5 Å². The number of aromatic nitrogens is 6. The van der Waals surface area contributed by atoms with Gasteiger partial charge in [-0.15, -0.1) is 0 Å². The molecule has 3 aromatic heterocycles. The first-order valence-electron chi connectivity index (χ1n) is 11.7. The summed E-state index contributed by atoms with van der Waals surface area (Å²) in [5.41, 5.74) is 2.23. The second-order valence-electron chi connectivity index (χ2n) is 8.78. The van der Waals surface area contributed by atoms with Gasteiger partial charge in [-0.2, -0.15) is 0 Å². The average Bonchev–Trinajstić information content (AvgIpc) is 3.40. The molecule has 0 spiro atoms. The van der Waals surface area contributed by atoms with Crippen molar-refractivity contribution in [3.8, 4) is 11.4 Å². The number of nitrogens with one attached hydrogen (secondary N) is 1. The van der Waals surface area contributed by atoms with Crippen molar-refractivity contribution >= 4 is 22.9 Å².